The van der Waals surface area contributed by atoms with E-state index in [0.717, 1.165) is 27.6 Å². The standard InChI is InChI=1S/C69H81FIN13O11/c1-41-11-22-58-53(27-41)48(39-84(58)71)31-55-59(85)32-46(30-47-36-74-54-21-18-49(70)33-52(47)54)65(91)76-38-63(89)79-56(34-50-37-72-40-77-50)66(92)81-57(28-43-16-19-51(95-5)20-17-43)67(93)83-25-8-23-69(83,3)68(94)82(4)26-24-73-62(88)29-44-12-14-45(15-13-44)35-75-60(86)9-6-7-10-61(87)78-42(2)64(90)80-55/h11-22,27,33,36-37,39-40,42,46,55-57,74H,6-10,23-26,28-32,34-35,38H2,1-5H3,(H,72,77)(H,73,88)(H,75,86)(H,76,91)(H,78,87)(H,79,89)(H,80,90)(H,81,92)/t42-,46-,55+,56+,57+,69+/m1/s1. The lowest BCUT2D eigenvalue weighted by Crippen LogP contribution is -2.62. The van der Waals surface area contributed by atoms with E-state index in [1.165, 1.54) is 48.5 Å². The van der Waals surface area contributed by atoms with Crippen LogP contribution in [0, 0.1) is 18.7 Å². The molecule has 10 rings (SSSR count). The summed E-state index contributed by atoms with van der Waals surface area (Å²) in [5, 5.41) is 20.9. The minimum absolute atomic E-state index is 0.00131. The average molecular weight is 1410 g/mol. The lowest BCUT2D eigenvalue weighted by molar-refractivity contribution is -0.151. The van der Waals surface area contributed by atoms with E-state index >= 15 is 9.59 Å². The number of aryl methyl sites for hydroxylation is 1. The lowest BCUT2D eigenvalue weighted by atomic mass is 9.89. The quantitative estimate of drug-likeness (QED) is 0.0695. The van der Waals surface area contributed by atoms with Gasteiger partial charge < -0.3 is 61.7 Å². The summed E-state index contributed by atoms with van der Waals surface area (Å²) in [5.41, 5.74) is 4.78. The smallest absolute Gasteiger partial charge is 0.248 e. The number of fused-ring (bicyclic) bond motifs is 35. The van der Waals surface area contributed by atoms with E-state index in [2.05, 4.69) is 75.0 Å². The van der Waals surface area contributed by atoms with E-state index < -0.39 is 95.6 Å². The molecule has 0 spiro atoms. The van der Waals surface area contributed by atoms with Gasteiger partial charge in [0.15, 0.2) is 5.78 Å². The number of aromatic nitrogens is 4. The molecular weight excluding hydrogens is 1330 g/mol. The maximum Gasteiger partial charge on any atom is 0.248 e. The van der Waals surface area contributed by atoms with Crippen LogP contribution in [0.25, 0.3) is 21.8 Å². The zero-order valence-corrected chi connectivity index (χ0v) is 56.0. The molecule has 3 aliphatic heterocycles. The number of aromatic amines is 2. The van der Waals surface area contributed by atoms with Crippen molar-refractivity contribution in [3.05, 3.63) is 155 Å². The van der Waals surface area contributed by atoms with Crippen LogP contribution in [0.5, 0.6) is 5.75 Å². The number of ether oxygens (including phenoxy) is 1. The van der Waals surface area contributed by atoms with Gasteiger partial charge in [-0.1, -0.05) is 48.0 Å². The fourth-order valence-electron chi connectivity index (χ4n) is 12.2. The van der Waals surface area contributed by atoms with Crippen molar-refractivity contribution in [2.24, 2.45) is 5.92 Å². The Morgan fingerprint density at radius 1 is 0.674 bits per heavy atom. The third kappa shape index (κ3) is 18.5. The molecule has 7 aromatic rings. The fourth-order valence-corrected chi connectivity index (χ4v) is 13.0. The van der Waals surface area contributed by atoms with Gasteiger partial charge in [-0.2, -0.15) is 0 Å². The summed E-state index contributed by atoms with van der Waals surface area (Å²) in [6, 6.07) is 19.0. The first kappa shape index (κ1) is 69.9. The summed E-state index contributed by atoms with van der Waals surface area (Å²) in [6.45, 7) is 5.03. The molecule has 0 radical (unpaired) electrons. The van der Waals surface area contributed by atoms with E-state index in [0.29, 0.717) is 64.7 Å². The minimum Gasteiger partial charge on any atom is -0.497 e. The Kier molecular flexibility index (Phi) is 23.6. The van der Waals surface area contributed by atoms with E-state index in [1.807, 2.05) is 46.2 Å². The molecule has 6 heterocycles. The van der Waals surface area contributed by atoms with Gasteiger partial charge >= 0.3 is 0 Å². The molecule has 2 bridgehead atoms. The topological polar surface area (TPSA) is 320 Å². The maximum absolute atomic E-state index is 15.2. The highest BCUT2D eigenvalue weighted by Gasteiger charge is 2.49. The van der Waals surface area contributed by atoms with Gasteiger partial charge in [-0.05, 0) is 123 Å². The van der Waals surface area contributed by atoms with Crippen molar-refractivity contribution in [3.8, 4) is 5.75 Å². The Bertz CT molecular complexity index is 3950. The van der Waals surface area contributed by atoms with Gasteiger partial charge in [-0.15, -0.1) is 0 Å². The first-order valence-corrected chi connectivity index (χ1v) is 32.8. The second-order valence-electron chi connectivity index (χ2n) is 24.8. The monoisotopic (exact) mass is 1410 g/mol. The highest BCUT2D eigenvalue weighted by Crippen LogP contribution is 2.33. The van der Waals surface area contributed by atoms with Gasteiger partial charge in [0.05, 0.1) is 60.8 Å². The SMILES string of the molecule is COc1ccc(C[C@@H]2NC(=O)[C@H](Cc3cnc[nH]3)NC(=O)CNC(=O)[C@H](Cc3c[nH]c4ccc(F)cc34)CC(=O)[C@H](Cc3cn(I)c4ccc(C)cc34)NC(=O)[C@@H](C)NC(=O)CCCCC(=O)NCc3ccc(cc3)CC(=O)NCCN(C)C(=O)[C@]3(C)CCCN3C2=O)cc1. The van der Waals surface area contributed by atoms with E-state index in [-0.39, 0.29) is 88.8 Å². The van der Waals surface area contributed by atoms with Gasteiger partial charge in [-0.3, -0.25) is 50.7 Å². The van der Waals surface area contributed by atoms with Crippen molar-refractivity contribution in [1.29, 1.82) is 0 Å². The van der Waals surface area contributed by atoms with Crippen LogP contribution < -0.4 is 42.0 Å². The Balaban J connectivity index is 1.00. The largest absolute Gasteiger partial charge is 0.497 e. The molecular formula is C69H81FIN13O11. The molecule has 9 N–H and O–H groups in total. The van der Waals surface area contributed by atoms with Gasteiger partial charge in [0.1, 0.15) is 35.2 Å². The van der Waals surface area contributed by atoms with Crippen LogP contribution in [0.15, 0.2) is 110 Å². The predicted octanol–water partition coefficient (Wildman–Crippen LogP) is 4.81. The minimum atomic E-state index is -1.39. The normalized spacial score (nSPS) is 22.2. The Morgan fingerprint density at radius 2 is 1.41 bits per heavy atom. The molecule has 26 heteroatoms. The maximum atomic E-state index is 15.2. The van der Waals surface area contributed by atoms with Crippen molar-refractivity contribution in [2.75, 3.05) is 40.3 Å². The zero-order valence-electron chi connectivity index (χ0n) is 53.8. The second kappa shape index (κ2) is 32.1. The lowest BCUT2D eigenvalue weighted by Gasteiger charge is -2.39. The number of carbonyl (C=O) groups is 10. The number of Topliss-reactive ketones (excluding diaryl/α,β-unsaturated/α-hetero) is 1. The number of rotatable bonds is 9. The van der Waals surface area contributed by atoms with Crippen LogP contribution in [0.3, 0.4) is 0 Å². The molecule has 0 unspecified atom stereocenters. The van der Waals surface area contributed by atoms with E-state index in [1.54, 1.807) is 62.6 Å². The molecule has 1 fully saturated rings. The van der Waals surface area contributed by atoms with Crippen molar-refractivity contribution in [3.63, 3.8) is 0 Å². The number of imidazole rings is 1. The van der Waals surface area contributed by atoms with Gasteiger partial charge in [0.2, 0.25) is 53.2 Å². The molecule has 1 saturated heterocycles. The number of likely N-dealkylation sites (N-methyl/N-ethyl adjacent to an activating group) is 1. The molecule has 0 aliphatic carbocycles. The molecule has 95 heavy (non-hydrogen) atoms. The van der Waals surface area contributed by atoms with Crippen molar-refractivity contribution in [2.45, 2.75) is 134 Å². The van der Waals surface area contributed by atoms with Crippen LogP contribution in [-0.2, 0) is 86.6 Å². The third-order valence-electron chi connectivity index (χ3n) is 17.6. The number of nitrogens with zero attached hydrogens (tertiary/aromatic N) is 4. The molecule has 6 atom stereocenters. The van der Waals surface area contributed by atoms with Crippen LogP contribution >= 0.6 is 22.9 Å². The number of ketones is 1. The number of H-pyrrole nitrogens is 2. The summed E-state index contributed by atoms with van der Waals surface area (Å²) in [4.78, 5) is 155. The predicted molar refractivity (Wildman–Crippen MR) is 361 cm³/mol. The number of nitrogens with one attached hydrogen (secondary N) is 9. The second-order valence-corrected chi connectivity index (χ2v) is 25.8. The zero-order chi connectivity index (χ0) is 67.9. The third-order valence-corrected chi connectivity index (χ3v) is 18.4. The summed E-state index contributed by atoms with van der Waals surface area (Å²) in [7, 11) is 3.11. The Hall–Kier alpha value is -9.47. The van der Waals surface area contributed by atoms with E-state index in [4.69, 9.17) is 4.74 Å². The first-order valence-electron chi connectivity index (χ1n) is 31.8. The van der Waals surface area contributed by atoms with Crippen molar-refractivity contribution < 1.29 is 57.1 Å². The highest BCUT2D eigenvalue weighted by molar-refractivity contribution is 14.1. The van der Waals surface area contributed by atoms with Crippen LogP contribution in [-0.4, -0.2) is 157 Å². The van der Waals surface area contributed by atoms with Gasteiger partial charge in [0.25, 0.3) is 0 Å². The number of hydrogen-bond donors (Lipinski definition) is 9. The van der Waals surface area contributed by atoms with Gasteiger partial charge in [0, 0.05) is 118 Å². The summed E-state index contributed by atoms with van der Waals surface area (Å²) in [6.07, 6.45) is 7.13. The van der Waals surface area contributed by atoms with Gasteiger partial charge in [-0.25, -0.2) is 9.37 Å². The first-order chi connectivity index (χ1) is 45.5. The number of benzene rings is 4. The van der Waals surface area contributed by atoms with Crippen molar-refractivity contribution >= 4 is 104 Å². The summed E-state index contributed by atoms with van der Waals surface area (Å²) < 4.78 is 22.1. The Morgan fingerprint density at radius 3 is 2.15 bits per heavy atom. The average Bonchev–Trinajstić information content (AvgIpc) is 1.56. The van der Waals surface area contributed by atoms with Crippen molar-refractivity contribution in [1.82, 2.24) is 64.7 Å². The van der Waals surface area contributed by atoms with E-state index in [9.17, 15) is 42.7 Å². The molecule has 4 aromatic carbocycles. The van der Waals surface area contributed by atoms with Crippen LogP contribution in [0.4, 0.5) is 4.39 Å². The summed E-state index contributed by atoms with van der Waals surface area (Å²) in [5.74, 6) is -6.75. The number of amides is 9. The van der Waals surface area contributed by atoms with Crippen LogP contribution in [0.1, 0.15) is 97.9 Å². The number of hydrogen-bond acceptors (Lipinski definition) is 12. The molecule has 502 valence electrons. The molecule has 24 nitrogen and oxygen atoms in total. The summed E-state index contributed by atoms with van der Waals surface area (Å²) >= 11 is 2.13. The molecule has 9 amide bonds. The highest BCUT2D eigenvalue weighted by atomic mass is 127. The fraction of sp³-hybridized carbons (Fsp3) is 0.406. The number of methoxy groups -OCH3 is 1. The molecule has 0 saturated carbocycles. The van der Waals surface area contributed by atoms with Crippen LogP contribution in [0.2, 0.25) is 0 Å². The molecule has 3 aromatic heterocycles. The number of carbonyl (C=O) groups excluding carboxylic acids is 10. The Labute approximate surface area is 563 Å². The molecule has 3 aliphatic rings. The number of halogens is 2.